The van der Waals surface area contributed by atoms with Crippen LogP contribution in [0, 0.1) is 19.3 Å². The van der Waals surface area contributed by atoms with Gasteiger partial charge in [0.25, 0.3) is 0 Å². The molecule has 7 heteroatoms. The lowest BCUT2D eigenvalue weighted by molar-refractivity contribution is 0.154. The number of sulfonamides is 1. The van der Waals surface area contributed by atoms with E-state index in [2.05, 4.69) is 17.4 Å². The van der Waals surface area contributed by atoms with E-state index in [1.54, 1.807) is 10.4 Å². The van der Waals surface area contributed by atoms with Crippen molar-refractivity contribution in [3.8, 4) is 0 Å². The first-order valence-corrected chi connectivity index (χ1v) is 13.4. The van der Waals surface area contributed by atoms with Crippen molar-refractivity contribution in [2.24, 2.45) is 5.41 Å². The van der Waals surface area contributed by atoms with E-state index in [0.29, 0.717) is 23.9 Å². The van der Waals surface area contributed by atoms with Crippen LogP contribution in [0.5, 0.6) is 0 Å². The summed E-state index contributed by atoms with van der Waals surface area (Å²) in [4.78, 5) is 15.2. The summed E-state index contributed by atoms with van der Waals surface area (Å²) in [5.41, 5.74) is 3.07. The molecule has 6 nitrogen and oxygen atoms in total. The molecule has 1 aliphatic carbocycles. The highest BCUT2D eigenvalue weighted by atomic mass is 32.2. The number of hydrogen-bond donors (Lipinski definition) is 1. The van der Waals surface area contributed by atoms with Gasteiger partial charge in [0.1, 0.15) is 0 Å². The van der Waals surface area contributed by atoms with Crippen molar-refractivity contribution in [2.75, 3.05) is 26.2 Å². The highest BCUT2D eigenvalue weighted by Crippen LogP contribution is 2.43. The molecule has 0 aromatic heterocycles. The van der Waals surface area contributed by atoms with E-state index in [1.165, 1.54) is 5.56 Å². The maximum Gasteiger partial charge on any atom is 0.317 e. The Morgan fingerprint density at radius 3 is 2.42 bits per heavy atom. The molecule has 2 amide bonds. The van der Waals surface area contributed by atoms with E-state index in [1.807, 2.05) is 49.1 Å². The van der Waals surface area contributed by atoms with Gasteiger partial charge in [0, 0.05) is 38.1 Å². The standard InChI is InChI=1S/C26H33N3O3S/c1-19-8-9-20(2)24(16-19)33(31,32)29-14-11-26(12-15-29)10-13-28(18-26)25(30)27-23-17-22(23)21-6-4-3-5-7-21/h3-9,16,22-23H,10-15,17-18H2,1-2H3,(H,27,30)/t22-,23+/m0/s1. The Bertz CT molecular complexity index is 1140. The average molecular weight is 468 g/mol. The molecule has 0 unspecified atom stereocenters. The first-order valence-electron chi connectivity index (χ1n) is 12.0. The van der Waals surface area contributed by atoms with Crippen LogP contribution < -0.4 is 5.32 Å². The second kappa shape index (κ2) is 8.44. The Morgan fingerprint density at radius 2 is 1.70 bits per heavy atom. The zero-order valence-electron chi connectivity index (χ0n) is 19.5. The third-order valence-corrected chi connectivity index (χ3v) is 9.84. The predicted molar refractivity (Wildman–Crippen MR) is 129 cm³/mol. The number of urea groups is 1. The molecular formula is C26H33N3O3S. The summed E-state index contributed by atoms with van der Waals surface area (Å²) >= 11 is 0. The first kappa shape index (κ1) is 22.4. The molecule has 1 saturated carbocycles. The molecule has 3 aliphatic rings. The summed E-state index contributed by atoms with van der Waals surface area (Å²) < 4.78 is 28.2. The van der Waals surface area contributed by atoms with Crippen LogP contribution in [0.15, 0.2) is 53.4 Å². The number of nitrogens with zero attached hydrogens (tertiary/aromatic N) is 2. The van der Waals surface area contributed by atoms with Gasteiger partial charge in [0.05, 0.1) is 4.90 Å². The summed E-state index contributed by atoms with van der Waals surface area (Å²) in [7, 11) is -3.49. The molecule has 2 heterocycles. The van der Waals surface area contributed by atoms with Crippen LogP contribution in [-0.2, 0) is 10.0 Å². The predicted octanol–water partition coefficient (Wildman–Crippen LogP) is 4.05. The Balaban J connectivity index is 1.17. The number of nitrogens with one attached hydrogen (secondary N) is 1. The van der Waals surface area contributed by atoms with Crippen molar-refractivity contribution in [1.82, 2.24) is 14.5 Å². The fourth-order valence-corrected chi connectivity index (χ4v) is 7.27. The van der Waals surface area contributed by atoms with Crippen LogP contribution in [0.1, 0.15) is 48.3 Å². The van der Waals surface area contributed by atoms with Crippen molar-refractivity contribution >= 4 is 16.1 Å². The lowest BCUT2D eigenvalue weighted by Gasteiger charge is -2.38. The number of benzene rings is 2. The Labute approximate surface area is 197 Å². The van der Waals surface area contributed by atoms with Gasteiger partial charge >= 0.3 is 6.03 Å². The van der Waals surface area contributed by atoms with Crippen LogP contribution in [-0.4, -0.2) is 55.9 Å². The minimum absolute atomic E-state index is 0.0285. The lowest BCUT2D eigenvalue weighted by atomic mass is 9.78. The van der Waals surface area contributed by atoms with E-state index in [9.17, 15) is 13.2 Å². The third-order valence-electron chi connectivity index (χ3n) is 7.80. The van der Waals surface area contributed by atoms with Gasteiger partial charge in [0.2, 0.25) is 10.0 Å². The van der Waals surface area contributed by atoms with Gasteiger partial charge in [-0.05, 0) is 67.7 Å². The molecule has 5 rings (SSSR count). The molecule has 3 fully saturated rings. The average Bonchev–Trinajstić information content (AvgIpc) is 3.46. The van der Waals surface area contributed by atoms with Crippen LogP contribution >= 0.6 is 0 Å². The number of aryl methyl sites for hydroxylation is 2. The van der Waals surface area contributed by atoms with E-state index in [-0.39, 0.29) is 17.5 Å². The third kappa shape index (κ3) is 4.41. The molecular weight excluding hydrogens is 434 g/mol. The summed E-state index contributed by atoms with van der Waals surface area (Å²) in [6, 6.07) is 16.2. The van der Waals surface area contributed by atoms with E-state index in [0.717, 1.165) is 49.9 Å². The lowest BCUT2D eigenvalue weighted by Crippen LogP contribution is -2.46. The second-order valence-electron chi connectivity index (χ2n) is 10.2. The van der Waals surface area contributed by atoms with Gasteiger partial charge in [-0.2, -0.15) is 4.31 Å². The summed E-state index contributed by atoms with van der Waals surface area (Å²) in [5, 5.41) is 3.21. The smallest absolute Gasteiger partial charge is 0.317 e. The topological polar surface area (TPSA) is 69.7 Å². The fourth-order valence-electron chi connectivity index (χ4n) is 5.51. The second-order valence-corrected chi connectivity index (χ2v) is 12.1. The number of amides is 2. The molecule has 2 aromatic carbocycles. The van der Waals surface area contributed by atoms with Crippen molar-refractivity contribution < 1.29 is 13.2 Å². The zero-order valence-corrected chi connectivity index (χ0v) is 20.3. The number of carbonyl (C=O) groups is 1. The van der Waals surface area contributed by atoms with E-state index >= 15 is 0 Å². The highest BCUT2D eigenvalue weighted by molar-refractivity contribution is 7.89. The molecule has 0 radical (unpaired) electrons. The van der Waals surface area contributed by atoms with Gasteiger partial charge < -0.3 is 10.2 Å². The zero-order chi connectivity index (χ0) is 23.2. The van der Waals surface area contributed by atoms with Crippen LogP contribution in [0.3, 0.4) is 0 Å². The minimum Gasteiger partial charge on any atom is -0.335 e. The quantitative estimate of drug-likeness (QED) is 0.738. The summed E-state index contributed by atoms with van der Waals surface area (Å²) in [5.74, 6) is 0.422. The fraction of sp³-hybridized carbons (Fsp3) is 0.500. The van der Waals surface area contributed by atoms with E-state index in [4.69, 9.17) is 0 Å². The van der Waals surface area contributed by atoms with Gasteiger partial charge in [0.15, 0.2) is 0 Å². The number of carbonyl (C=O) groups excluding carboxylic acids is 1. The minimum atomic E-state index is -3.49. The normalized spacial score (nSPS) is 24.7. The summed E-state index contributed by atoms with van der Waals surface area (Å²) in [6.07, 6.45) is 3.55. The van der Waals surface area contributed by atoms with Crippen LogP contribution in [0.25, 0.3) is 0 Å². The molecule has 33 heavy (non-hydrogen) atoms. The van der Waals surface area contributed by atoms with Crippen LogP contribution in [0.2, 0.25) is 0 Å². The van der Waals surface area contributed by atoms with Gasteiger partial charge in [-0.15, -0.1) is 0 Å². The number of hydrogen-bond acceptors (Lipinski definition) is 3. The van der Waals surface area contributed by atoms with Crippen molar-refractivity contribution in [3.63, 3.8) is 0 Å². The molecule has 0 bridgehead atoms. The van der Waals surface area contributed by atoms with Gasteiger partial charge in [-0.25, -0.2) is 13.2 Å². The molecule has 2 aromatic rings. The Morgan fingerprint density at radius 1 is 1.00 bits per heavy atom. The SMILES string of the molecule is Cc1ccc(C)c(S(=O)(=O)N2CCC3(CCN(C(=O)N[C@@H]4C[C@H]4c4ccccc4)C3)CC2)c1. The van der Waals surface area contributed by atoms with E-state index < -0.39 is 10.0 Å². The van der Waals surface area contributed by atoms with Crippen molar-refractivity contribution in [1.29, 1.82) is 0 Å². The largest absolute Gasteiger partial charge is 0.335 e. The van der Waals surface area contributed by atoms with Crippen molar-refractivity contribution in [3.05, 3.63) is 65.2 Å². The highest BCUT2D eigenvalue weighted by Gasteiger charge is 2.46. The number of rotatable bonds is 4. The molecule has 2 saturated heterocycles. The molecule has 176 valence electrons. The maximum absolute atomic E-state index is 13.3. The van der Waals surface area contributed by atoms with Gasteiger partial charge in [-0.1, -0.05) is 42.5 Å². The van der Waals surface area contributed by atoms with Gasteiger partial charge in [-0.3, -0.25) is 0 Å². The van der Waals surface area contributed by atoms with Crippen molar-refractivity contribution in [2.45, 2.75) is 56.4 Å². The van der Waals surface area contributed by atoms with Crippen LogP contribution in [0.4, 0.5) is 4.79 Å². The molecule has 2 aliphatic heterocycles. The number of likely N-dealkylation sites (tertiary alicyclic amines) is 1. The Kier molecular flexibility index (Phi) is 5.73. The number of piperidine rings is 1. The maximum atomic E-state index is 13.3. The molecule has 2 atom stereocenters. The first-order chi connectivity index (χ1) is 15.8. The summed E-state index contributed by atoms with van der Waals surface area (Å²) in [6.45, 7) is 6.28. The Hall–Kier alpha value is -2.38. The molecule has 1 spiro atoms. The monoisotopic (exact) mass is 467 g/mol. The molecule has 1 N–H and O–H groups in total.